The number of rotatable bonds is 78. The van der Waals surface area contributed by atoms with Crippen LogP contribution in [0.2, 0.25) is 0 Å². The second-order valence-corrected chi connectivity index (χ2v) is 32.1. The van der Waals surface area contributed by atoms with Crippen LogP contribution in [0.4, 0.5) is 0 Å². The van der Waals surface area contributed by atoms with Gasteiger partial charge in [-0.3, -0.25) is 37.3 Å². The fourth-order valence-electron chi connectivity index (χ4n) is 12.2. The molecule has 0 heterocycles. The third kappa shape index (κ3) is 71.1. The highest BCUT2D eigenvalue weighted by Crippen LogP contribution is 2.45. The Kier molecular flexibility index (Phi) is 69.3. The molecule has 0 fully saturated rings. The van der Waals surface area contributed by atoms with Crippen molar-refractivity contribution in [2.24, 2.45) is 11.8 Å². The van der Waals surface area contributed by atoms with Crippen LogP contribution in [0.3, 0.4) is 0 Å². The van der Waals surface area contributed by atoms with Crippen molar-refractivity contribution in [3.63, 3.8) is 0 Å². The third-order valence-electron chi connectivity index (χ3n) is 18.8. The van der Waals surface area contributed by atoms with Crippen molar-refractivity contribution >= 4 is 39.5 Å². The molecule has 0 aromatic heterocycles. The van der Waals surface area contributed by atoms with E-state index in [1.54, 1.807) is 0 Å². The molecular formula is C79H154O17P2. The van der Waals surface area contributed by atoms with E-state index >= 15 is 0 Å². The Bertz CT molecular complexity index is 1890. The Morgan fingerprint density at radius 1 is 0.296 bits per heavy atom. The molecule has 6 atom stereocenters. The molecular weight excluding hydrogens is 1280 g/mol. The van der Waals surface area contributed by atoms with Crippen LogP contribution >= 0.6 is 15.6 Å². The van der Waals surface area contributed by atoms with Crippen LogP contribution in [0.5, 0.6) is 0 Å². The molecule has 0 aliphatic carbocycles. The molecule has 0 radical (unpaired) electrons. The van der Waals surface area contributed by atoms with Crippen LogP contribution in [0.15, 0.2) is 0 Å². The quantitative estimate of drug-likeness (QED) is 0.0222. The average Bonchev–Trinajstić information content (AvgIpc) is 1.25. The fourth-order valence-corrected chi connectivity index (χ4v) is 13.7. The summed E-state index contributed by atoms with van der Waals surface area (Å²) in [6.45, 7) is 9.63. The van der Waals surface area contributed by atoms with E-state index in [0.29, 0.717) is 25.7 Å². The van der Waals surface area contributed by atoms with Crippen LogP contribution < -0.4 is 0 Å². The van der Waals surface area contributed by atoms with E-state index in [2.05, 4.69) is 41.5 Å². The molecule has 0 bridgehead atoms. The van der Waals surface area contributed by atoms with Crippen molar-refractivity contribution in [1.29, 1.82) is 0 Å². The molecule has 0 saturated carbocycles. The summed E-state index contributed by atoms with van der Waals surface area (Å²) >= 11 is 0. The van der Waals surface area contributed by atoms with Gasteiger partial charge in [0.25, 0.3) is 0 Å². The number of aliphatic hydroxyl groups excluding tert-OH is 1. The lowest BCUT2D eigenvalue weighted by Crippen LogP contribution is -2.30. The van der Waals surface area contributed by atoms with Gasteiger partial charge in [-0.25, -0.2) is 9.13 Å². The van der Waals surface area contributed by atoms with E-state index in [1.165, 1.54) is 225 Å². The summed E-state index contributed by atoms with van der Waals surface area (Å²) in [6, 6.07) is 0. The molecule has 3 N–H and O–H groups in total. The Morgan fingerprint density at radius 2 is 0.520 bits per heavy atom. The molecule has 3 unspecified atom stereocenters. The van der Waals surface area contributed by atoms with Gasteiger partial charge in [-0.05, 0) is 37.5 Å². The minimum Gasteiger partial charge on any atom is -0.462 e. The average molecular weight is 1440 g/mol. The summed E-state index contributed by atoms with van der Waals surface area (Å²) in [4.78, 5) is 72.8. The van der Waals surface area contributed by atoms with Crippen molar-refractivity contribution < 1.29 is 80.2 Å². The number of phosphoric acid groups is 2. The van der Waals surface area contributed by atoms with Crippen molar-refractivity contribution in [1.82, 2.24) is 0 Å². The first-order valence-corrected chi connectivity index (χ1v) is 44.0. The van der Waals surface area contributed by atoms with E-state index in [0.717, 1.165) is 108 Å². The van der Waals surface area contributed by atoms with Crippen molar-refractivity contribution in [2.75, 3.05) is 39.6 Å². The molecule has 0 aliphatic rings. The van der Waals surface area contributed by atoms with Gasteiger partial charge in [-0.1, -0.05) is 363 Å². The van der Waals surface area contributed by atoms with Gasteiger partial charge in [0.15, 0.2) is 12.2 Å². The summed E-state index contributed by atoms with van der Waals surface area (Å²) in [6.07, 6.45) is 59.8. The molecule has 0 aliphatic heterocycles. The first-order valence-electron chi connectivity index (χ1n) is 41.0. The summed E-state index contributed by atoms with van der Waals surface area (Å²) in [5.74, 6) is -0.507. The second-order valence-electron chi connectivity index (χ2n) is 29.2. The largest absolute Gasteiger partial charge is 0.472 e. The lowest BCUT2D eigenvalue weighted by atomic mass is 9.99. The van der Waals surface area contributed by atoms with Crippen molar-refractivity contribution in [3.05, 3.63) is 0 Å². The van der Waals surface area contributed by atoms with Crippen LogP contribution in [0, 0.1) is 11.8 Å². The third-order valence-corrected chi connectivity index (χ3v) is 20.7. The van der Waals surface area contributed by atoms with Gasteiger partial charge in [-0.2, -0.15) is 0 Å². The summed E-state index contributed by atoms with van der Waals surface area (Å²) in [5, 5.41) is 10.6. The molecule has 17 nitrogen and oxygen atoms in total. The summed E-state index contributed by atoms with van der Waals surface area (Å²) < 4.78 is 68.5. The number of ether oxygens (including phenoxy) is 4. The number of carbonyl (C=O) groups excluding carboxylic acids is 4. The first-order chi connectivity index (χ1) is 47.4. The highest BCUT2D eigenvalue weighted by molar-refractivity contribution is 7.47. The molecule has 0 rings (SSSR count). The van der Waals surface area contributed by atoms with E-state index in [-0.39, 0.29) is 25.7 Å². The normalized spacial score (nSPS) is 14.2. The number of hydrogen-bond donors (Lipinski definition) is 3. The Labute approximate surface area is 600 Å². The molecule has 0 aromatic carbocycles. The molecule has 0 saturated heterocycles. The Hall–Kier alpha value is -1.94. The standard InChI is InChI=1S/C79H154O17P2/c1-7-10-12-14-16-18-19-20-21-27-30-33-38-44-50-56-62-77(82)90-68-75(95-78(83)63-57-51-45-39-34-31-28-25-23-22-24-26-29-32-37-42-48-54-60-72(6)9-3)70-94-98(87,88)92-66-73(80)65-91-97(85,86)93-69-74(67-89-76(81)61-55-49-43-17-15-13-11-8-2)96-79(84)64-58-52-46-40-35-36-41-47-53-59-71(4)5/h71-75,80H,7-70H2,1-6H3,(H,85,86)(H,87,88)/t72?,73-,74+,75+/m0/s1. The molecule has 0 spiro atoms. The number of phosphoric ester groups is 2. The van der Waals surface area contributed by atoms with E-state index in [9.17, 15) is 43.2 Å². The SMILES string of the molecule is CCCCCCCCCCCCCCCCCCC(=O)OC[C@H](COP(=O)(O)OC[C@@H](O)COP(=O)(O)OC[C@@H](COC(=O)CCCCCCCCCC)OC(=O)CCCCCCCCCCCC(C)C)OC(=O)CCCCCCCCCCCCCCCCCCCCC(C)CC. The maximum absolute atomic E-state index is 13.1. The van der Waals surface area contributed by atoms with Gasteiger partial charge in [0.2, 0.25) is 0 Å². The van der Waals surface area contributed by atoms with Gasteiger partial charge in [0.05, 0.1) is 26.4 Å². The number of unbranched alkanes of at least 4 members (excludes halogenated alkanes) is 47. The predicted octanol–water partition coefficient (Wildman–Crippen LogP) is 23.5. The highest BCUT2D eigenvalue weighted by atomic mass is 31.2. The number of hydrogen-bond acceptors (Lipinski definition) is 15. The van der Waals surface area contributed by atoms with E-state index < -0.39 is 97.5 Å². The number of esters is 4. The molecule has 98 heavy (non-hydrogen) atoms. The van der Waals surface area contributed by atoms with Crippen molar-refractivity contribution in [3.8, 4) is 0 Å². The van der Waals surface area contributed by atoms with Crippen LogP contribution in [0.1, 0.15) is 414 Å². The van der Waals surface area contributed by atoms with E-state index in [1.807, 2.05) is 0 Å². The van der Waals surface area contributed by atoms with Gasteiger partial charge in [0.1, 0.15) is 19.3 Å². The lowest BCUT2D eigenvalue weighted by molar-refractivity contribution is -0.161. The Morgan fingerprint density at radius 3 is 0.776 bits per heavy atom. The van der Waals surface area contributed by atoms with E-state index in [4.69, 9.17) is 37.0 Å². The monoisotopic (exact) mass is 1440 g/mol. The Balaban J connectivity index is 5.18. The minimum absolute atomic E-state index is 0.105. The molecule has 19 heteroatoms. The zero-order valence-corrected chi connectivity index (χ0v) is 65.9. The number of carbonyl (C=O) groups is 4. The lowest BCUT2D eigenvalue weighted by Gasteiger charge is -2.21. The van der Waals surface area contributed by atoms with Crippen LogP contribution in [-0.2, 0) is 65.4 Å². The topological polar surface area (TPSA) is 237 Å². The van der Waals surface area contributed by atoms with Gasteiger partial charge in [-0.15, -0.1) is 0 Å². The maximum Gasteiger partial charge on any atom is 0.472 e. The summed E-state index contributed by atoms with van der Waals surface area (Å²) in [7, 11) is -9.91. The van der Waals surface area contributed by atoms with Crippen LogP contribution in [-0.4, -0.2) is 96.7 Å². The smallest absolute Gasteiger partial charge is 0.462 e. The first kappa shape index (κ1) is 96.1. The maximum atomic E-state index is 13.1. The van der Waals surface area contributed by atoms with Gasteiger partial charge < -0.3 is 33.8 Å². The van der Waals surface area contributed by atoms with Gasteiger partial charge >= 0.3 is 39.5 Å². The van der Waals surface area contributed by atoms with Crippen LogP contribution in [0.25, 0.3) is 0 Å². The predicted molar refractivity (Wildman–Crippen MR) is 400 cm³/mol. The molecule has 0 amide bonds. The zero-order valence-electron chi connectivity index (χ0n) is 64.1. The second kappa shape index (κ2) is 70.7. The number of aliphatic hydroxyl groups is 1. The minimum atomic E-state index is -4.96. The van der Waals surface area contributed by atoms with Crippen molar-refractivity contribution in [2.45, 2.75) is 432 Å². The zero-order chi connectivity index (χ0) is 72.1. The highest BCUT2D eigenvalue weighted by Gasteiger charge is 2.30. The summed E-state index contributed by atoms with van der Waals surface area (Å²) in [5.41, 5.74) is 0. The molecule has 0 aromatic rings. The van der Waals surface area contributed by atoms with Gasteiger partial charge in [0, 0.05) is 25.7 Å². The molecule has 582 valence electrons. The fraction of sp³-hybridized carbons (Fsp3) is 0.949.